The number of rotatable bonds is 4. The second-order valence-corrected chi connectivity index (χ2v) is 7.70. The standard InChI is InChI=1S/C21H26N4O2/c1-13-5-6-19(7-14(13)2)27-12-21(26)25-17-9-18(25)11-24(10-17)20-8-15(3)22-16(4)23-20/h5-8,17-18H,9-12H2,1-4H3. The molecule has 0 N–H and O–H groups in total. The summed E-state index contributed by atoms with van der Waals surface area (Å²) in [6, 6.07) is 8.45. The summed E-state index contributed by atoms with van der Waals surface area (Å²) in [6.45, 7) is 9.77. The topological polar surface area (TPSA) is 58.6 Å². The van der Waals surface area contributed by atoms with Gasteiger partial charge in [0.2, 0.25) is 0 Å². The average Bonchev–Trinajstić information content (AvgIpc) is 2.62. The van der Waals surface area contributed by atoms with Gasteiger partial charge in [0.15, 0.2) is 6.61 Å². The van der Waals surface area contributed by atoms with Gasteiger partial charge in [0.05, 0.1) is 12.1 Å². The molecule has 0 saturated carbocycles. The second kappa shape index (κ2) is 6.83. The number of nitrogens with zero attached hydrogens (tertiary/aromatic N) is 4. The van der Waals surface area contributed by atoms with E-state index in [-0.39, 0.29) is 24.6 Å². The molecule has 2 atom stereocenters. The van der Waals surface area contributed by atoms with Crippen LogP contribution in [0.25, 0.3) is 0 Å². The van der Waals surface area contributed by atoms with Crippen molar-refractivity contribution in [3.05, 3.63) is 46.9 Å². The Hall–Kier alpha value is -2.63. The monoisotopic (exact) mass is 366 g/mol. The quantitative estimate of drug-likeness (QED) is 0.832. The summed E-state index contributed by atoms with van der Waals surface area (Å²) in [5, 5.41) is 0. The van der Waals surface area contributed by atoms with Crippen molar-refractivity contribution in [2.45, 2.75) is 46.2 Å². The Balaban J connectivity index is 1.36. The van der Waals surface area contributed by atoms with Crippen molar-refractivity contribution in [2.24, 2.45) is 0 Å². The van der Waals surface area contributed by atoms with Crippen molar-refractivity contribution in [3.8, 4) is 5.75 Å². The minimum Gasteiger partial charge on any atom is -0.484 e. The lowest BCUT2D eigenvalue weighted by Gasteiger charge is -2.56. The fraction of sp³-hybridized carbons (Fsp3) is 0.476. The summed E-state index contributed by atoms with van der Waals surface area (Å²) < 4.78 is 5.74. The number of piperazine rings is 1. The van der Waals surface area contributed by atoms with E-state index in [1.165, 1.54) is 11.1 Å². The molecule has 1 amide bonds. The van der Waals surface area contributed by atoms with E-state index in [4.69, 9.17) is 4.74 Å². The van der Waals surface area contributed by atoms with Crippen LogP contribution in [0.5, 0.6) is 5.75 Å². The third-order valence-electron chi connectivity index (χ3n) is 5.60. The minimum absolute atomic E-state index is 0.0733. The van der Waals surface area contributed by atoms with Crippen molar-refractivity contribution in [1.29, 1.82) is 0 Å². The predicted octanol–water partition coefficient (Wildman–Crippen LogP) is 2.58. The molecule has 6 heteroatoms. The van der Waals surface area contributed by atoms with Gasteiger partial charge in [-0.25, -0.2) is 9.97 Å². The molecule has 2 bridgehead atoms. The van der Waals surface area contributed by atoms with E-state index in [0.29, 0.717) is 0 Å². The number of anilines is 1. The molecule has 1 aromatic carbocycles. The minimum atomic E-state index is 0.0733. The van der Waals surface area contributed by atoms with Gasteiger partial charge in [0.25, 0.3) is 5.91 Å². The van der Waals surface area contributed by atoms with Crippen LogP contribution in [-0.4, -0.2) is 52.6 Å². The highest BCUT2D eigenvalue weighted by atomic mass is 16.5. The lowest BCUT2D eigenvalue weighted by molar-refractivity contribution is -0.148. The van der Waals surface area contributed by atoms with E-state index in [1.54, 1.807) is 0 Å². The number of hydrogen-bond acceptors (Lipinski definition) is 5. The molecule has 1 aromatic heterocycles. The Morgan fingerprint density at radius 3 is 2.48 bits per heavy atom. The van der Waals surface area contributed by atoms with Crippen molar-refractivity contribution < 1.29 is 9.53 Å². The first-order chi connectivity index (χ1) is 12.9. The van der Waals surface area contributed by atoms with E-state index >= 15 is 0 Å². The second-order valence-electron chi connectivity index (χ2n) is 7.70. The maximum absolute atomic E-state index is 12.7. The molecule has 0 spiro atoms. The fourth-order valence-corrected chi connectivity index (χ4v) is 4.09. The molecule has 27 heavy (non-hydrogen) atoms. The van der Waals surface area contributed by atoms with Gasteiger partial charge in [-0.1, -0.05) is 6.07 Å². The van der Waals surface area contributed by atoms with Crippen LogP contribution in [0.15, 0.2) is 24.3 Å². The van der Waals surface area contributed by atoms with Crippen LogP contribution in [0.1, 0.15) is 29.1 Å². The maximum atomic E-state index is 12.7. The zero-order valence-electron chi connectivity index (χ0n) is 16.4. The Morgan fingerprint density at radius 2 is 1.81 bits per heavy atom. The molecule has 3 saturated heterocycles. The van der Waals surface area contributed by atoms with Gasteiger partial charge in [-0.05, 0) is 57.4 Å². The summed E-state index contributed by atoms with van der Waals surface area (Å²) in [5.41, 5.74) is 3.37. The van der Waals surface area contributed by atoms with Crippen molar-refractivity contribution in [1.82, 2.24) is 14.9 Å². The first-order valence-electron chi connectivity index (χ1n) is 9.49. The molecule has 142 valence electrons. The number of ether oxygens (including phenoxy) is 1. The normalized spacial score (nSPS) is 21.0. The lowest BCUT2D eigenvalue weighted by Crippen LogP contribution is -2.71. The molecule has 4 heterocycles. The molecule has 5 rings (SSSR count). The first kappa shape index (κ1) is 17.8. The molecule has 2 unspecified atom stereocenters. The van der Waals surface area contributed by atoms with E-state index in [9.17, 15) is 4.79 Å². The van der Waals surface area contributed by atoms with Gasteiger partial charge in [0.1, 0.15) is 17.4 Å². The Labute approximate surface area is 160 Å². The summed E-state index contributed by atoms with van der Waals surface area (Å²) in [7, 11) is 0. The molecular weight excluding hydrogens is 340 g/mol. The zero-order chi connectivity index (χ0) is 19.1. The van der Waals surface area contributed by atoms with Gasteiger partial charge in [-0.3, -0.25) is 4.79 Å². The Kier molecular flexibility index (Phi) is 4.50. The number of hydrogen-bond donors (Lipinski definition) is 0. The summed E-state index contributed by atoms with van der Waals surface area (Å²) in [4.78, 5) is 25.9. The molecule has 0 radical (unpaired) electrons. The number of piperidine rings is 1. The van der Waals surface area contributed by atoms with Crippen molar-refractivity contribution in [2.75, 3.05) is 24.6 Å². The van der Waals surface area contributed by atoms with Crippen LogP contribution < -0.4 is 9.64 Å². The molecule has 2 aromatic rings. The number of carbonyl (C=O) groups excluding carboxylic acids is 1. The largest absolute Gasteiger partial charge is 0.484 e. The molecule has 0 aliphatic carbocycles. The molecule has 3 fully saturated rings. The number of benzene rings is 1. The molecular formula is C21H26N4O2. The van der Waals surface area contributed by atoms with E-state index in [2.05, 4.69) is 28.7 Å². The first-order valence-corrected chi connectivity index (χ1v) is 9.49. The van der Waals surface area contributed by atoms with Crippen molar-refractivity contribution >= 4 is 11.7 Å². The number of aromatic nitrogens is 2. The number of fused-ring (bicyclic) bond motifs is 2. The van der Waals surface area contributed by atoms with Gasteiger partial charge in [0, 0.05) is 24.8 Å². The predicted molar refractivity (Wildman–Crippen MR) is 104 cm³/mol. The van der Waals surface area contributed by atoms with Crippen LogP contribution in [0, 0.1) is 27.7 Å². The van der Waals surface area contributed by atoms with Crippen LogP contribution in [-0.2, 0) is 4.79 Å². The van der Waals surface area contributed by atoms with Crippen LogP contribution in [0.4, 0.5) is 5.82 Å². The number of aryl methyl sites for hydroxylation is 4. The summed E-state index contributed by atoms with van der Waals surface area (Å²) in [5.74, 6) is 2.59. The maximum Gasteiger partial charge on any atom is 0.261 e. The van der Waals surface area contributed by atoms with E-state index < -0.39 is 0 Å². The summed E-state index contributed by atoms with van der Waals surface area (Å²) in [6.07, 6.45) is 1.06. The smallest absolute Gasteiger partial charge is 0.261 e. The highest BCUT2D eigenvalue weighted by molar-refractivity contribution is 5.80. The molecule has 3 aliphatic rings. The van der Waals surface area contributed by atoms with Crippen LogP contribution in [0.2, 0.25) is 0 Å². The highest BCUT2D eigenvalue weighted by Gasteiger charge is 2.47. The van der Waals surface area contributed by atoms with Crippen LogP contribution >= 0.6 is 0 Å². The Bertz CT molecular complexity index is 850. The average molecular weight is 366 g/mol. The summed E-state index contributed by atoms with van der Waals surface area (Å²) >= 11 is 0. The number of carbonyl (C=O) groups is 1. The zero-order valence-corrected chi connectivity index (χ0v) is 16.4. The van der Waals surface area contributed by atoms with E-state index in [0.717, 1.165) is 42.6 Å². The lowest BCUT2D eigenvalue weighted by atomic mass is 9.87. The van der Waals surface area contributed by atoms with Gasteiger partial charge >= 0.3 is 0 Å². The third kappa shape index (κ3) is 3.48. The van der Waals surface area contributed by atoms with Crippen LogP contribution in [0.3, 0.4) is 0 Å². The van der Waals surface area contributed by atoms with Gasteiger partial charge in [-0.2, -0.15) is 0 Å². The third-order valence-corrected chi connectivity index (χ3v) is 5.60. The van der Waals surface area contributed by atoms with E-state index in [1.807, 2.05) is 43.0 Å². The molecule has 6 nitrogen and oxygen atoms in total. The fourth-order valence-electron chi connectivity index (χ4n) is 4.09. The van der Waals surface area contributed by atoms with Gasteiger partial charge < -0.3 is 14.5 Å². The SMILES string of the molecule is Cc1cc(N2CC3CC(C2)N3C(=O)COc2ccc(C)c(C)c2)nc(C)n1. The van der Waals surface area contributed by atoms with Crippen molar-refractivity contribution in [3.63, 3.8) is 0 Å². The Morgan fingerprint density at radius 1 is 1.07 bits per heavy atom. The van der Waals surface area contributed by atoms with Gasteiger partial charge in [-0.15, -0.1) is 0 Å². The highest BCUT2D eigenvalue weighted by Crippen LogP contribution is 2.34. The number of amides is 1. The molecule has 3 aliphatic heterocycles.